The van der Waals surface area contributed by atoms with E-state index in [0.717, 1.165) is 5.25 Å². The van der Waals surface area contributed by atoms with Crippen molar-refractivity contribution in [3.8, 4) is 0 Å². The van der Waals surface area contributed by atoms with Gasteiger partial charge >= 0.3 is 0 Å². The molecule has 1 aliphatic heterocycles. The molecule has 0 N–H and O–H groups in total. The highest BCUT2D eigenvalue weighted by atomic mass is 32.2. The van der Waals surface area contributed by atoms with Crippen LogP contribution in [0.5, 0.6) is 0 Å². The highest BCUT2D eigenvalue weighted by molar-refractivity contribution is 7.99. The Balaban J connectivity index is 2.05. The molecule has 1 aliphatic rings. The molecule has 0 radical (unpaired) electrons. The molecule has 0 atom stereocenters. The summed E-state index contributed by atoms with van der Waals surface area (Å²) >= 11 is 2.09. The van der Waals surface area contributed by atoms with E-state index in [9.17, 15) is 0 Å². The van der Waals surface area contributed by atoms with Crippen LogP contribution in [0.15, 0.2) is 0 Å². The number of hydrogen-bond acceptors (Lipinski definition) is 2. The lowest BCUT2D eigenvalue weighted by atomic mass is 10.2. The third-order valence-electron chi connectivity index (χ3n) is 2.56. The standard InChI is InChI=1S/C11H23NS/c1-11(2)13-10-9-12-7-5-3-4-6-8-12/h11H,3-10H2,1-2H3. The smallest absolute Gasteiger partial charge is 0.00724 e. The van der Waals surface area contributed by atoms with E-state index >= 15 is 0 Å². The van der Waals surface area contributed by atoms with Gasteiger partial charge in [-0.25, -0.2) is 0 Å². The molecular formula is C11H23NS. The maximum atomic E-state index is 2.64. The first kappa shape index (κ1) is 11.4. The Kier molecular flexibility index (Phi) is 5.88. The quantitative estimate of drug-likeness (QED) is 0.688. The molecule has 1 fully saturated rings. The molecule has 0 aromatic carbocycles. The fourth-order valence-corrected chi connectivity index (χ4v) is 2.61. The average molecular weight is 201 g/mol. The van der Waals surface area contributed by atoms with Gasteiger partial charge in [0.1, 0.15) is 0 Å². The molecule has 0 aliphatic carbocycles. The van der Waals surface area contributed by atoms with Crippen molar-refractivity contribution < 1.29 is 0 Å². The molecule has 1 nitrogen and oxygen atoms in total. The van der Waals surface area contributed by atoms with E-state index in [-0.39, 0.29) is 0 Å². The van der Waals surface area contributed by atoms with E-state index in [2.05, 4.69) is 30.5 Å². The van der Waals surface area contributed by atoms with Crippen LogP contribution >= 0.6 is 11.8 Å². The Hall–Kier alpha value is 0.310. The van der Waals surface area contributed by atoms with E-state index in [4.69, 9.17) is 0 Å². The predicted molar refractivity (Wildman–Crippen MR) is 62.5 cm³/mol. The Morgan fingerprint density at radius 3 is 2.23 bits per heavy atom. The van der Waals surface area contributed by atoms with Gasteiger partial charge < -0.3 is 4.90 Å². The van der Waals surface area contributed by atoms with E-state index in [1.807, 2.05) is 0 Å². The summed E-state index contributed by atoms with van der Waals surface area (Å²) in [5.41, 5.74) is 0. The third kappa shape index (κ3) is 5.58. The second kappa shape index (κ2) is 6.72. The maximum absolute atomic E-state index is 2.64. The van der Waals surface area contributed by atoms with E-state index in [0.29, 0.717) is 0 Å². The first-order valence-corrected chi connectivity index (χ1v) is 6.68. The van der Waals surface area contributed by atoms with Crippen molar-refractivity contribution in [1.82, 2.24) is 4.90 Å². The van der Waals surface area contributed by atoms with Gasteiger partial charge in [-0.3, -0.25) is 0 Å². The zero-order valence-electron chi connectivity index (χ0n) is 9.09. The molecule has 13 heavy (non-hydrogen) atoms. The van der Waals surface area contributed by atoms with Crippen molar-refractivity contribution in [3.63, 3.8) is 0 Å². The summed E-state index contributed by atoms with van der Waals surface area (Å²) in [7, 11) is 0. The summed E-state index contributed by atoms with van der Waals surface area (Å²) in [6.07, 6.45) is 5.75. The minimum atomic E-state index is 0.798. The van der Waals surface area contributed by atoms with Gasteiger partial charge in [0.05, 0.1) is 0 Å². The van der Waals surface area contributed by atoms with Gasteiger partial charge in [-0.05, 0) is 31.2 Å². The largest absolute Gasteiger partial charge is 0.303 e. The fraction of sp³-hybridized carbons (Fsp3) is 1.00. The Morgan fingerprint density at radius 2 is 1.69 bits per heavy atom. The molecule has 0 amide bonds. The van der Waals surface area contributed by atoms with Gasteiger partial charge in [0.25, 0.3) is 0 Å². The van der Waals surface area contributed by atoms with Crippen molar-refractivity contribution in [2.24, 2.45) is 0 Å². The van der Waals surface area contributed by atoms with Crippen molar-refractivity contribution in [2.45, 2.75) is 44.8 Å². The van der Waals surface area contributed by atoms with Gasteiger partial charge in [-0.15, -0.1) is 0 Å². The lowest BCUT2D eigenvalue weighted by Crippen LogP contribution is -2.27. The molecule has 1 heterocycles. The van der Waals surface area contributed by atoms with Crippen LogP contribution in [0.1, 0.15) is 39.5 Å². The zero-order valence-corrected chi connectivity index (χ0v) is 9.91. The average Bonchev–Trinajstić information content (AvgIpc) is 2.32. The van der Waals surface area contributed by atoms with Crippen LogP contribution in [-0.4, -0.2) is 35.5 Å². The Morgan fingerprint density at radius 1 is 1.08 bits per heavy atom. The molecule has 0 unspecified atom stereocenters. The van der Waals surface area contributed by atoms with Crippen LogP contribution in [0.4, 0.5) is 0 Å². The summed E-state index contributed by atoms with van der Waals surface area (Å²) in [6, 6.07) is 0. The molecule has 78 valence electrons. The van der Waals surface area contributed by atoms with Crippen LogP contribution in [0, 0.1) is 0 Å². The molecule has 0 bridgehead atoms. The summed E-state index contributed by atoms with van der Waals surface area (Å²) in [4.78, 5) is 2.64. The minimum Gasteiger partial charge on any atom is -0.303 e. The molecule has 2 heteroatoms. The second-order valence-corrected chi connectivity index (χ2v) is 5.86. The van der Waals surface area contributed by atoms with Crippen LogP contribution in [0.2, 0.25) is 0 Å². The number of rotatable bonds is 4. The monoisotopic (exact) mass is 201 g/mol. The maximum Gasteiger partial charge on any atom is 0.00724 e. The van der Waals surface area contributed by atoms with Crippen molar-refractivity contribution in [1.29, 1.82) is 0 Å². The van der Waals surface area contributed by atoms with Crippen LogP contribution < -0.4 is 0 Å². The molecule has 1 rings (SSSR count). The number of thioether (sulfide) groups is 1. The van der Waals surface area contributed by atoms with E-state index in [1.54, 1.807) is 0 Å². The Bertz CT molecular complexity index is 117. The second-order valence-electron chi connectivity index (χ2n) is 4.18. The first-order chi connectivity index (χ1) is 6.29. The lowest BCUT2D eigenvalue weighted by Gasteiger charge is -2.19. The number of likely N-dealkylation sites (tertiary alicyclic amines) is 1. The molecule has 0 aromatic heterocycles. The zero-order chi connectivity index (χ0) is 9.52. The third-order valence-corrected chi connectivity index (χ3v) is 3.64. The molecule has 1 saturated heterocycles. The molecule has 0 aromatic rings. The highest BCUT2D eigenvalue weighted by Gasteiger charge is 2.08. The van der Waals surface area contributed by atoms with Crippen LogP contribution in [0.25, 0.3) is 0 Å². The van der Waals surface area contributed by atoms with Gasteiger partial charge in [-0.2, -0.15) is 11.8 Å². The fourth-order valence-electron chi connectivity index (χ4n) is 1.78. The van der Waals surface area contributed by atoms with E-state index in [1.165, 1.54) is 51.1 Å². The number of hydrogen-bond donors (Lipinski definition) is 0. The van der Waals surface area contributed by atoms with Gasteiger partial charge in [-0.1, -0.05) is 26.7 Å². The minimum absolute atomic E-state index is 0.798. The van der Waals surface area contributed by atoms with Crippen molar-refractivity contribution in [2.75, 3.05) is 25.4 Å². The summed E-state index contributed by atoms with van der Waals surface area (Å²) in [5, 5.41) is 0.798. The molecule has 0 spiro atoms. The van der Waals surface area contributed by atoms with Gasteiger partial charge in [0.15, 0.2) is 0 Å². The van der Waals surface area contributed by atoms with E-state index < -0.39 is 0 Å². The van der Waals surface area contributed by atoms with Crippen molar-refractivity contribution >= 4 is 11.8 Å². The highest BCUT2D eigenvalue weighted by Crippen LogP contribution is 2.12. The van der Waals surface area contributed by atoms with Crippen molar-refractivity contribution in [3.05, 3.63) is 0 Å². The molecule has 0 saturated carbocycles. The topological polar surface area (TPSA) is 3.24 Å². The number of nitrogens with zero attached hydrogens (tertiary/aromatic N) is 1. The summed E-state index contributed by atoms with van der Waals surface area (Å²) < 4.78 is 0. The summed E-state index contributed by atoms with van der Waals surface area (Å²) in [5.74, 6) is 1.32. The normalized spacial score (nSPS) is 20.5. The Labute approximate surface area is 87.3 Å². The lowest BCUT2D eigenvalue weighted by molar-refractivity contribution is 0.303. The SMILES string of the molecule is CC(C)SCCN1CCCCCC1. The van der Waals surface area contributed by atoms with Crippen LogP contribution in [-0.2, 0) is 0 Å². The van der Waals surface area contributed by atoms with Crippen LogP contribution in [0.3, 0.4) is 0 Å². The predicted octanol–water partition coefficient (Wildman–Crippen LogP) is 3.00. The summed E-state index contributed by atoms with van der Waals surface area (Å²) in [6.45, 7) is 8.57. The molecular weight excluding hydrogens is 178 g/mol. The van der Waals surface area contributed by atoms with Gasteiger partial charge in [0.2, 0.25) is 0 Å². The first-order valence-electron chi connectivity index (χ1n) is 5.63. The van der Waals surface area contributed by atoms with Gasteiger partial charge in [0, 0.05) is 12.3 Å².